The van der Waals surface area contributed by atoms with Gasteiger partial charge in [-0.15, -0.1) is 23.7 Å². The van der Waals surface area contributed by atoms with E-state index in [1.807, 2.05) is 42.6 Å². The van der Waals surface area contributed by atoms with Crippen molar-refractivity contribution < 1.29 is 8.42 Å². The zero-order valence-corrected chi connectivity index (χ0v) is 17.7. The predicted molar refractivity (Wildman–Crippen MR) is 111 cm³/mol. The molecule has 0 saturated carbocycles. The first-order chi connectivity index (χ1) is 12.5. The van der Waals surface area contributed by atoms with Crippen molar-refractivity contribution in [2.75, 3.05) is 6.54 Å². The van der Waals surface area contributed by atoms with Gasteiger partial charge in [-0.05, 0) is 13.3 Å². The summed E-state index contributed by atoms with van der Waals surface area (Å²) in [6.45, 7) is 4.76. The number of aryl methyl sites for hydroxylation is 2. The molecule has 0 amide bonds. The van der Waals surface area contributed by atoms with Gasteiger partial charge in [0.05, 0.1) is 16.4 Å². The first-order valence-corrected chi connectivity index (χ1v) is 10.9. The van der Waals surface area contributed by atoms with Crippen molar-refractivity contribution in [1.29, 1.82) is 0 Å². The second-order valence-corrected chi connectivity index (χ2v) is 8.66. The van der Waals surface area contributed by atoms with Crippen LogP contribution in [0.4, 0.5) is 0 Å². The maximum atomic E-state index is 12.5. The summed E-state index contributed by atoms with van der Waals surface area (Å²) in [5.41, 5.74) is 2.51. The number of nitrogens with one attached hydrogen (secondary N) is 1. The van der Waals surface area contributed by atoms with E-state index in [2.05, 4.69) is 14.8 Å². The fraction of sp³-hybridized carbons (Fsp3) is 0.333. The SMILES string of the molecule is CCCn1cc(S(=O)(=O)NCCc2nc(-c3ccccc3)cs2)c(C)n1.Cl. The Bertz CT molecular complexity index is 968. The van der Waals surface area contributed by atoms with E-state index in [-0.39, 0.29) is 17.3 Å². The molecule has 2 aromatic heterocycles. The van der Waals surface area contributed by atoms with Gasteiger partial charge < -0.3 is 0 Å². The van der Waals surface area contributed by atoms with E-state index >= 15 is 0 Å². The topological polar surface area (TPSA) is 76.9 Å². The molecule has 146 valence electrons. The number of nitrogens with zero attached hydrogens (tertiary/aromatic N) is 3. The first-order valence-electron chi connectivity index (χ1n) is 8.53. The molecule has 0 aliphatic carbocycles. The van der Waals surface area contributed by atoms with E-state index < -0.39 is 10.0 Å². The molecule has 27 heavy (non-hydrogen) atoms. The van der Waals surface area contributed by atoms with Gasteiger partial charge in [-0.2, -0.15) is 5.10 Å². The van der Waals surface area contributed by atoms with E-state index in [0.717, 1.165) is 22.7 Å². The molecule has 0 saturated heterocycles. The molecule has 0 radical (unpaired) electrons. The zero-order chi connectivity index (χ0) is 18.6. The lowest BCUT2D eigenvalue weighted by Gasteiger charge is -2.04. The lowest BCUT2D eigenvalue weighted by Crippen LogP contribution is -2.26. The molecule has 1 N–H and O–H groups in total. The third kappa shape index (κ3) is 5.38. The number of sulfonamides is 1. The molecule has 6 nitrogen and oxygen atoms in total. The summed E-state index contributed by atoms with van der Waals surface area (Å²) in [5.74, 6) is 0. The van der Waals surface area contributed by atoms with Gasteiger partial charge in [-0.1, -0.05) is 37.3 Å². The molecule has 0 spiro atoms. The number of halogens is 1. The summed E-state index contributed by atoms with van der Waals surface area (Å²) in [6.07, 6.45) is 3.05. The monoisotopic (exact) mass is 426 g/mol. The highest BCUT2D eigenvalue weighted by Gasteiger charge is 2.20. The number of hydrogen-bond donors (Lipinski definition) is 1. The third-order valence-electron chi connectivity index (χ3n) is 3.90. The normalized spacial score (nSPS) is 11.3. The second-order valence-electron chi connectivity index (χ2n) is 5.98. The van der Waals surface area contributed by atoms with E-state index in [0.29, 0.717) is 25.2 Å². The van der Waals surface area contributed by atoms with Crippen LogP contribution in [0.2, 0.25) is 0 Å². The Morgan fingerprint density at radius 3 is 2.67 bits per heavy atom. The smallest absolute Gasteiger partial charge is 0.243 e. The molecule has 0 aliphatic heterocycles. The van der Waals surface area contributed by atoms with Gasteiger partial charge in [-0.3, -0.25) is 4.68 Å². The molecule has 9 heteroatoms. The first kappa shape index (κ1) is 21.6. The van der Waals surface area contributed by atoms with Crippen molar-refractivity contribution in [1.82, 2.24) is 19.5 Å². The fourth-order valence-corrected chi connectivity index (χ4v) is 4.67. The lowest BCUT2D eigenvalue weighted by atomic mass is 10.2. The van der Waals surface area contributed by atoms with Crippen LogP contribution in [0, 0.1) is 6.92 Å². The molecule has 3 aromatic rings. The molecule has 0 bridgehead atoms. The van der Waals surface area contributed by atoms with Crippen LogP contribution in [-0.2, 0) is 23.0 Å². The van der Waals surface area contributed by atoms with Crippen molar-refractivity contribution in [3.05, 3.63) is 52.6 Å². The summed E-state index contributed by atoms with van der Waals surface area (Å²) in [6, 6.07) is 9.94. The van der Waals surface area contributed by atoms with Crippen LogP contribution < -0.4 is 4.72 Å². The van der Waals surface area contributed by atoms with Crippen molar-refractivity contribution in [2.24, 2.45) is 0 Å². The third-order valence-corrected chi connectivity index (χ3v) is 6.37. The summed E-state index contributed by atoms with van der Waals surface area (Å²) in [7, 11) is -3.56. The predicted octanol–water partition coefficient (Wildman–Crippen LogP) is 3.67. The molecule has 2 heterocycles. The number of rotatable bonds is 8. The molecule has 0 fully saturated rings. The van der Waals surface area contributed by atoms with Gasteiger partial charge >= 0.3 is 0 Å². The van der Waals surface area contributed by atoms with E-state index in [1.165, 1.54) is 0 Å². The number of hydrogen-bond acceptors (Lipinski definition) is 5. The molecule has 0 aliphatic rings. The average Bonchev–Trinajstić information content (AvgIpc) is 3.23. The Labute approximate surface area is 170 Å². The maximum absolute atomic E-state index is 12.5. The quantitative estimate of drug-likeness (QED) is 0.596. The Kier molecular flexibility index (Phi) is 7.55. The second kappa shape index (κ2) is 9.45. The van der Waals surface area contributed by atoms with Gasteiger partial charge in [0.1, 0.15) is 4.90 Å². The van der Waals surface area contributed by atoms with Gasteiger partial charge in [0.2, 0.25) is 10.0 Å². The van der Waals surface area contributed by atoms with Crippen LogP contribution in [0.1, 0.15) is 24.0 Å². The Morgan fingerprint density at radius 2 is 1.96 bits per heavy atom. The zero-order valence-electron chi connectivity index (χ0n) is 15.3. The van der Waals surface area contributed by atoms with Gasteiger partial charge in [0.25, 0.3) is 0 Å². The minimum absolute atomic E-state index is 0. The highest BCUT2D eigenvalue weighted by molar-refractivity contribution is 7.89. The Balaban J connectivity index is 0.00000261. The number of aromatic nitrogens is 3. The number of thiazole rings is 1. The van der Waals surface area contributed by atoms with Crippen LogP contribution in [0.15, 0.2) is 46.8 Å². The summed E-state index contributed by atoms with van der Waals surface area (Å²) in [5, 5.41) is 7.16. The summed E-state index contributed by atoms with van der Waals surface area (Å²) in [4.78, 5) is 4.83. The minimum atomic E-state index is -3.56. The van der Waals surface area contributed by atoms with Crippen LogP contribution in [0.5, 0.6) is 0 Å². The van der Waals surface area contributed by atoms with Crippen LogP contribution in [0.25, 0.3) is 11.3 Å². The standard InChI is InChI=1S/C18H22N4O2S2.ClH/c1-3-11-22-12-17(14(2)21-22)26(23,24)19-10-9-18-20-16(13-25-18)15-7-5-4-6-8-15;/h4-8,12-13,19H,3,9-11H2,1-2H3;1H. The average molecular weight is 427 g/mol. The van der Waals surface area contributed by atoms with Crippen LogP contribution in [-0.4, -0.2) is 29.7 Å². The van der Waals surface area contributed by atoms with E-state index in [1.54, 1.807) is 29.1 Å². The van der Waals surface area contributed by atoms with Crippen LogP contribution in [0.3, 0.4) is 0 Å². The number of benzene rings is 1. The van der Waals surface area contributed by atoms with E-state index in [4.69, 9.17) is 0 Å². The Hall–Kier alpha value is -1.74. The van der Waals surface area contributed by atoms with Gasteiger partial charge in [-0.25, -0.2) is 18.1 Å². The molecule has 0 unspecified atom stereocenters. The van der Waals surface area contributed by atoms with Crippen molar-refractivity contribution in [2.45, 2.75) is 38.1 Å². The van der Waals surface area contributed by atoms with Crippen molar-refractivity contribution in [3.8, 4) is 11.3 Å². The lowest BCUT2D eigenvalue weighted by molar-refractivity contribution is 0.579. The van der Waals surface area contributed by atoms with Crippen molar-refractivity contribution in [3.63, 3.8) is 0 Å². The largest absolute Gasteiger partial charge is 0.271 e. The van der Waals surface area contributed by atoms with Gasteiger partial charge in [0.15, 0.2) is 0 Å². The van der Waals surface area contributed by atoms with E-state index in [9.17, 15) is 8.42 Å². The van der Waals surface area contributed by atoms with Crippen molar-refractivity contribution >= 4 is 33.8 Å². The van der Waals surface area contributed by atoms with Gasteiger partial charge in [0, 0.05) is 36.7 Å². The molecule has 1 aromatic carbocycles. The molecular weight excluding hydrogens is 404 g/mol. The summed E-state index contributed by atoms with van der Waals surface area (Å²) < 4.78 is 29.3. The molecule has 3 rings (SSSR count). The Morgan fingerprint density at radius 1 is 1.22 bits per heavy atom. The minimum Gasteiger partial charge on any atom is -0.271 e. The highest BCUT2D eigenvalue weighted by Crippen LogP contribution is 2.21. The highest BCUT2D eigenvalue weighted by atomic mass is 35.5. The summed E-state index contributed by atoms with van der Waals surface area (Å²) >= 11 is 1.54. The molecule has 0 atom stereocenters. The van der Waals surface area contributed by atoms with Crippen LogP contribution >= 0.6 is 23.7 Å². The maximum Gasteiger partial charge on any atom is 0.243 e. The fourth-order valence-electron chi connectivity index (χ4n) is 2.64. The molecular formula is C18H23ClN4O2S2.